The topological polar surface area (TPSA) is 42.0 Å². The Hall–Kier alpha value is -3.24. The summed E-state index contributed by atoms with van der Waals surface area (Å²) in [6, 6.07) is 22.8. The van der Waals surface area contributed by atoms with Crippen molar-refractivity contribution < 1.29 is 9.18 Å². The van der Waals surface area contributed by atoms with Crippen LogP contribution in [0.1, 0.15) is 10.4 Å². The van der Waals surface area contributed by atoms with Gasteiger partial charge in [-0.1, -0.05) is 60.1 Å². The number of rotatable bonds is 3. The van der Waals surface area contributed by atoms with Gasteiger partial charge in [0.05, 0.1) is 22.5 Å². The first-order valence-electron chi connectivity index (χ1n) is 8.33. The molecule has 4 rings (SSSR count). The molecule has 0 aliphatic carbocycles. The lowest BCUT2D eigenvalue weighted by Gasteiger charge is -2.11. The van der Waals surface area contributed by atoms with Crippen molar-refractivity contribution in [3.8, 4) is 11.3 Å². The molecule has 132 valence electrons. The summed E-state index contributed by atoms with van der Waals surface area (Å²) in [7, 11) is 0. The predicted molar refractivity (Wildman–Crippen MR) is 107 cm³/mol. The number of halogens is 2. The predicted octanol–water partition coefficient (Wildman–Crippen LogP) is 5.95. The minimum Gasteiger partial charge on any atom is -0.319 e. The van der Waals surface area contributed by atoms with Crippen LogP contribution in [0, 0.1) is 5.82 Å². The number of carbonyl (C=O) groups excluding carboxylic acids is 1. The van der Waals surface area contributed by atoms with Gasteiger partial charge in [0.15, 0.2) is 0 Å². The third-order valence-electron chi connectivity index (χ3n) is 4.21. The number of anilines is 1. The van der Waals surface area contributed by atoms with Crippen LogP contribution in [0.4, 0.5) is 10.1 Å². The quantitative estimate of drug-likeness (QED) is 0.480. The summed E-state index contributed by atoms with van der Waals surface area (Å²) in [6.45, 7) is 0. The molecule has 0 aliphatic heterocycles. The third kappa shape index (κ3) is 3.52. The first-order chi connectivity index (χ1) is 13.1. The summed E-state index contributed by atoms with van der Waals surface area (Å²) < 4.78 is 14.1. The SMILES string of the molecule is O=C(Nc1ccc(Cl)cc1F)c1cc(-c2ccccc2)nc2ccccc12. The maximum atomic E-state index is 14.1. The Morgan fingerprint density at radius 1 is 0.926 bits per heavy atom. The van der Waals surface area contributed by atoms with Crippen molar-refractivity contribution in [3.05, 3.63) is 95.3 Å². The first kappa shape index (κ1) is 17.2. The Labute approximate surface area is 160 Å². The Balaban J connectivity index is 1.81. The van der Waals surface area contributed by atoms with Gasteiger partial charge in [-0.15, -0.1) is 0 Å². The Morgan fingerprint density at radius 2 is 1.67 bits per heavy atom. The van der Waals surface area contributed by atoms with Crippen molar-refractivity contribution in [2.24, 2.45) is 0 Å². The van der Waals surface area contributed by atoms with Crippen molar-refractivity contribution in [3.63, 3.8) is 0 Å². The largest absolute Gasteiger partial charge is 0.319 e. The van der Waals surface area contributed by atoms with Gasteiger partial charge < -0.3 is 5.32 Å². The van der Waals surface area contributed by atoms with E-state index in [1.54, 1.807) is 6.07 Å². The molecule has 0 unspecified atom stereocenters. The monoisotopic (exact) mass is 376 g/mol. The minimum atomic E-state index is -0.586. The number of hydrogen-bond donors (Lipinski definition) is 1. The number of aromatic nitrogens is 1. The van der Waals surface area contributed by atoms with Crippen molar-refractivity contribution in [2.45, 2.75) is 0 Å². The van der Waals surface area contributed by atoms with Crippen LogP contribution < -0.4 is 5.32 Å². The first-order valence-corrected chi connectivity index (χ1v) is 8.71. The van der Waals surface area contributed by atoms with E-state index in [9.17, 15) is 9.18 Å². The highest BCUT2D eigenvalue weighted by Gasteiger charge is 2.15. The highest BCUT2D eigenvalue weighted by molar-refractivity contribution is 6.30. The zero-order valence-corrected chi connectivity index (χ0v) is 14.9. The van der Waals surface area contributed by atoms with Crippen LogP contribution in [0.5, 0.6) is 0 Å². The molecule has 1 heterocycles. The van der Waals surface area contributed by atoms with Gasteiger partial charge in [0.2, 0.25) is 0 Å². The highest BCUT2D eigenvalue weighted by Crippen LogP contribution is 2.26. The van der Waals surface area contributed by atoms with Crippen LogP contribution in [0.25, 0.3) is 22.2 Å². The van der Waals surface area contributed by atoms with Gasteiger partial charge in [0.1, 0.15) is 5.82 Å². The lowest BCUT2D eigenvalue weighted by atomic mass is 10.0. The molecule has 1 N–H and O–H groups in total. The summed E-state index contributed by atoms with van der Waals surface area (Å²) in [5.41, 5.74) is 2.77. The lowest BCUT2D eigenvalue weighted by molar-refractivity contribution is 0.102. The fourth-order valence-electron chi connectivity index (χ4n) is 2.90. The van der Waals surface area contributed by atoms with Gasteiger partial charge in [-0.3, -0.25) is 4.79 Å². The van der Waals surface area contributed by atoms with Gasteiger partial charge in [0, 0.05) is 16.0 Å². The van der Waals surface area contributed by atoms with Crippen LogP contribution in [-0.2, 0) is 0 Å². The van der Waals surface area contributed by atoms with Crippen LogP contribution >= 0.6 is 11.6 Å². The second kappa shape index (κ2) is 7.17. The van der Waals surface area contributed by atoms with E-state index in [2.05, 4.69) is 10.3 Å². The smallest absolute Gasteiger partial charge is 0.256 e. The second-order valence-corrected chi connectivity index (χ2v) is 6.45. The molecule has 0 bridgehead atoms. The zero-order valence-electron chi connectivity index (χ0n) is 14.1. The van der Waals surface area contributed by atoms with E-state index in [4.69, 9.17) is 11.6 Å². The van der Waals surface area contributed by atoms with Gasteiger partial charge in [-0.25, -0.2) is 9.37 Å². The second-order valence-electron chi connectivity index (χ2n) is 6.02. The number of carbonyl (C=O) groups is 1. The van der Waals surface area contributed by atoms with Crippen molar-refractivity contribution in [2.75, 3.05) is 5.32 Å². The van der Waals surface area contributed by atoms with E-state index in [1.165, 1.54) is 12.1 Å². The molecule has 0 saturated heterocycles. The van der Waals surface area contributed by atoms with Gasteiger partial charge in [-0.2, -0.15) is 0 Å². The van der Waals surface area contributed by atoms with Crippen LogP contribution in [0.15, 0.2) is 78.9 Å². The molecule has 5 heteroatoms. The molecular formula is C22H14ClFN2O. The number of para-hydroxylation sites is 1. The van der Waals surface area contributed by atoms with Gasteiger partial charge in [-0.05, 0) is 30.3 Å². The van der Waals surface area contributed by atoms with E-state index in [-0.39, 0.29) is 10.7 Å². The highest BCUT2D eigenvalue weighted by atomic mass is 35.5. The molecular weight excluding hydrogens is 363 g/mol. The fourth-order valence-corrected chi connectivity index (χ4v) is 3.06. The normalized spacial score (nSPS) is 10.7. The van der Waals surface area contributed by atoms with Crippen molar-refractivity contribution in [1.82, 2.24) is 4.98 Å². The van der Waals surface area contributed by atoms with E-state index in [0.29, 0.717) is 22.2 Å². The number of benzene rings is 3. The van der Waals surface area contributed by atoms with Crippen LogP contribution in [0.2, 0.25) is 5.02 Å². The number of fused-ring (bicyclic) bond motifs is 1. The molecule has 3 nitrogen and oxygen atoms in total. The average molecular weight is 377 g/mol. The molecule has 0 atom stereocenters. The van der Waals surface area contributed by atoms with Gasteiger partial charge in [0.25, 0.3) is 5.91 Å². The molecule has 4 aromatic rings. The maximum absolute atomic E-state index is 14.1. The molecule has 1 amide bonds. The Bertz CT molecular complexity index is 1150. The molecule has 0 aliphatic rings. The minimum absolute atomic E-state index is 0.0755. The van der Waals surface area contributed by atoms with E-state index >= 15 is 0 Å². The standard InChI is InChI=1S/C22H14ClFN2O/c23-15-10-11-20(18(24)12-15)26-22(27)17-13-21(14-6-2-1-3-7-14)25-19-9-5-4-8-16(17)19/h1-13H,(H,26,27). The summed E-state index contributed by atoms with van der Waals surface area (Å²) in [4.78, 5) is 17.6. The van der Waals surface area contributed by atoms with Crippen LogP contribution in [0.3, 0.4) is 0 Å². The van der Waals surface area contributed by atoms with Gasteiger partial charge >= 0.3 is 0 Å². The van der Waals surface area contributed by atoms with Crippen molar-refractivity contribution in [1.29, 1.82) is 0 Å². The number of pyridine rings is 1. The lowest BCUT2D eigenvalue weighted by Crippen LogP contribution is -2.14. The third-order valence-corrected chi connectivity index (χ3v) is 4.44. The summed E-state index contributed by atoms with van der Waals surface area (Å²) in [5.74, 6) is -0.996. The maximum Gasteiger partial charge on any atom is 0.256 e. The van der Waals surface area contributed by atoms with E-state index < -0.39 is 11.7 Å². The Morgan fingerprint density at radius 3 is 2.44 bits per heavy atom. The summed E-state index contributed by atoms with van der Waals surface area (Å²) in [5, 5.41) is 3.59. The molecule has 3 aromatic carbocycles. The average Bonchev–Trinajstić information content (AvgIpc) is 2.70. The van der Waals surface area contributed by atoms with E-state index in [0.717, 1.165) is 11.6 Å². The summed E-state index contributed by atoms with van der Waals surface area (Å²) >= 11 is 5.78. The molecule has 0 fully saturated rings. The zero-order chi connectivity index (χ0) is 18.8. The number of amides is 1. The molecule has 27 heavy (non-hydrogen) atoms. The van der Waals surface area contributed by atoms with E-state index in [1.807, 2.05) is 54.6 Å². The number of nitrogens with one attached hydrogen (secondary N) is 1. The number of hydrogen-bond acceptors (Lipinski definition) is 2. The van der Waals surface area contributed by atoms with Crippen LogP contribution in [-0.4, -0.2) is 10.9 Å². The summed E-state index contributed by atoms with van der Waals surface area (Å²) in [6.07, 6.45) is 0. The fraction of sp³-hybridized carbons (Fsp3) is 0. The van der Waals surface area contributed by atoms with Crippen molar-refractivity contribution >= 4 is 34.1 Å². The molecule has 0 radical (unpaired) electrons. The molecule has 1 aromatic heterocycles. The Kier molecular flexibility index (Phi) is 4.57. The molecule has 0 saturated carbocycles. The number of nitrogens with zero attached hydrogens (tertiary/aromatic N) is 1. The molecule has 0 spiro atoms.